The summed E-state index contributed by atoms with van der Waals surface area (Å²) in [7, 11) is -0.473. The molecule has 1 aromatic carbocycles. The molecule has 0 radical (unpaired) electrons. The number of ether oxygens (including phenoxy) is 1. The first kappa shape index (κ1) is 14.0. The molecule has 0 aromatic heterocycles. The molecule has 0 aliphatic carbocycles. The number of hydrogen-bond acceptors (Lipinski definition) is 5. The fourth-order valence-electron chi connectivity index (χ4n) is 1.51. The van der Waals surface area contributed by atoms with E-state index in [1.165, 1.54) is 13.2 Å². The summed E-state index contributed by atoms with van der Waals surface area (Å²) in [6.45, 7) is 0.231. The van der Waals surface area contributed by atoms with Crippen LogP contribution in [0.2, 0.25) is 0 Å². The zero-order valence-electron chi connectivity index (χ0n) is 9.88. The van der Waals surface area contributed by atoms with E-state index in [2.05, 4.69) is 5.32 Å². The van der Waals surface area contributed by atoms with E-state index in [9.17, 15) is 13.5 Å². The molecule has 1 aromatic rings. The normalized spacial score (nSPS) is 13.4. The average Bonchev–Trinajstić information content (AvgIpc) is 2.28. The molecule has 1 unspecified atom stereocenters. The number of aliphatic hydroxyl groups excluding tert-OH is 1. The second-order valence-electron chi connectivity index (χ2n) is 3.64. The van der Waals surface area contributed by atoms with Crippen molar-refractivity contribution in [3.63, 3.8) is 0 Å². The summed E-state index contributed by atoms with van der Waals surface area (Å²) in [4.78, 5) is 0.109. The first-order valence-corrected chi connectivity index (χ1v) is 6.85. The van der Waals surface area contributed by atoms with Crippen molar-refractivity contribution in [1.82, 2.24) is 5.32 Å². The molecule has 0 saturated heterocycles. The molecule has 1 rings (SSSR count). The number of likely N-dealkylation sites (N-methyl/N-ethyl adjacent to an activating group) is 1. The van der Waals surface area contributed by atoms with Crippen molar-refractivity contribution in [2.75, 3.05) is 26.5 Å². The van der Waals surface area contributed by atoms with Gasteiger partial charge in [-0.15, -0.1) is 0 Å². The molecule has 0 spiro atoms. The Labute approximate surface area is 101 Å². The van der Waals surface area contributed by atoms with Crippen LogP contribution in [-0.2, 0) is 9.84 Å². The van der Waals surface area contributed by atoms with Crippen LogP contribution in [0, 0.1) is 0 Å². The van der Waals surface area contributed by atoms with Gasteiger partial charge in [-0.25, -0.2) is 8.42 Å². The summed E-state index contributed by atoms with van der Waals surface area (Å²) >= 11 is 0. The van der Waals surface area contributed by atoms with E-state index in [0.717, 1.165) is 0 Å². The molecule has 0 amide bonds. The van der Waals surface area contributed by atoms with Gasteiger partial charge in [-0.05, 0) is 19.2 Å². The Balaban J connectivity index is 2.97. The van der Waals surface area contributed by atoms with Crippen molar-refractivity contribution < 1.29 is 18.3 Å². The number of para-hydroxylation sites is 1. The number of sulfone groups is 1. The topological polar surface area (TPSA) is 75.6 Å². The largest absolute Gasteiger partial charge is 0.495 e. The van der Waals surface area contributed by atoms with Crippen molar-refractivity contribution in [3.05, 3.63) is 24.3 Å². The van der Waals surface area contributed by atoms with E-state index in [1.807, 2.05) is 0 Å². The van der Waals surface area contributed by atoms with Gasteiger partial charge in [0.1, 0.15) is 10.6 Å². The van der Waals surface area contributed by atoms with E-state index >= 15 is 0 Å². The van der Waals surface area contributed by atoms with Gasteiger partial charge in [0.05, 0.1) is 19.0 Å². The molecule has 0 fully saturated rings. The lowest BCUT2D eigenvalue weighted by Gasteiger charge is -2.12. The Bertz CT molecular complexity index is 458. The van der Waals surface area contributed by atoms with Gasteiger partial charge >= 0.3 is 0 Å². The Morgan fingerprint density at radius 3 is 2.65 bits per heavy atom. The van der Waals surface area contributed by atoms with Crippen LogP contribution in [-0.4, -0.2) is 46.1 Å². The lowest BCUT2D eigenvalue weighted by atomic mass is 10.3. The number of aliphatic hydroxyl groups is 1. The van der Waals surface area contributed by atoms with Gasteiger partial charge in [-0.1, -0.05) is 12.1 Å². The van der Waals surface area contributed by atoms with Crippen molar-refractivity contribution in [1.29, 1.82) is 0 Å². The molecule has 2 N–H and O–H groups in total. The molecule has 0 aliphatic heterocycles. The van der Waals surface area contributed by atoms with E-state index in [1.54, 1.807) is 25.2 Å². The van der Waals surface area contributed by atoms with E-state index in [0.29, 0.717) is 5.75 Å². The maximum Gasteiger partial charge on any atom is 0.184 e. The third-order valence-corrected chi connectivity index (χ3v) is 4.09. The lowest BCUT2D eigenvalue weighted by molar-refractivity contribution is 0.196. The Kier molecular flexibility index (Phi) is 4.92. The minimum atomic E-state index is -3.54. The summed E-state index contributed by atoms with van der Waals surface area (Å²) in [6.07, 6.45) is -0.935. The highest BCUT2D eigenvalue weighted by Gasteiger charge is 2.22. The smallest absolute Gasteiger partial charge is 0.184 e. The van der Waals surface area contributed by atoms with Gasteiger partial charge in [0, 0.05) is 6.54 Å². The molecule has 0 heterocycles. The van der Waals surface area contributed by atoms with Crippen LogP contribution < -0.4 is 10.1 Å². The van der Waals surface area contributed by atoms with Crippen LogP contribution in [0.5, 0.6) is 5.75 Å². The quantitative estimate of drug-likeness (QED) is 0.755. The maximum absolute atomic E-state index is 12.0. The number of rotatable bonds is 6. The van der Waals surface area contributed by atoms with E-state index in [-0.39, 0.29) is 17.2 Å². The third kappa shape index (κ3) is 3.69. The van der Waals surface area contributed by atoms with Crippen LogP contribution in [0.25, 0.3) is 0 Å². The number of methoxy groups -OCH3 is 1. The van der Waals surface area contributed by atoms with E-state index in [4.69, 9.17) is 4.74 Å². The minimum absolute atomic E-state index is 0.109. The second-order valence-corrected chi connectivity index (χ2v) is 5.65. The highest BCUT2D eigenvalue weighted by molar-refractivity contribution is 7.91. The summed E-state index contributed by atoms with van der Waals surface area (Å²) in [5, 5.41) is 12.3. The van der Waals surface area contributed by atoms with Gasteiger partial charge in [-0.3, -0.25) is 0 Å². The first-order chi connectivity index (χ1) is 8.01. The van der Waals surface area contributed by atoms with Crippen LogP contribution >= 0.6 is 0 Å². The standard InChI is InChI=1S/C11H17NO4S/c1-12-7-9(13)8-17(14,15)11-6-4-3-5-10(11)16-2/h3-6,9,12-13H,7-8H2,1-2H3. The Morgan fingerprint density at radius 1 is 1.41 bits per heavy atom. The van der Waals surface area contributed by atoms with Gasteiger partial charge in [-0.2, -0.15) is 0 Å². The van der Waals surface area contributed by atoms with Gasteiger partial charge < -0.3 is 15.2 Å². The molecule has 0 saturated carbocycles. The molecular formula is C11H17NO4S. The van der Waals surface area contributed by atoms with Crippen molar-refractivity contribution in [2.24, 2.45) is 0 Å². The Hall–Kier alpha value is -1.11. The van der Waals surface area contributed by atoms with Crippen LogP contribution in [0.3, 0.4) is 0 Å². The molecule has 17 heavy (non-hydrogen) atoms. The number of nitrogens with one attached hydrogen (secondary N) is 1. The van der Waals surface area contributed by atoms with Gasteiger partial charge in [0.15, 0.2) is 9.84 Å². The monoisotopic (exact) mass is 259 g/mol. The van der Waals surface area contributed by atoms with Crippen LogP contribution in [0.15, 0.2) is 29.2 Å². The highest BCUT2D eigenvalue weighted by Crippen LogP contribution is 2.24. The molecular weight excluding hydrogens is 242 g/mol. The van der Waals surface area contributed by atoms with E-state index < -0.39 is 15.9 Å². The summed E-state index contributed by atoms with van der Waals surface area (Å²) in [5.41, 5.74) is 0. The van der Waals surface area contributed by atoms with Gasteiger partial charge in [0.25, 0.3) is 0 Å². The zero-order chi connectivity index (χ0) is 12.9. The average molecular weight is 259 g/mol. The second kappa shape index (κ2) is 6.00. The lowest BCUT2D eigenvalue weighted by Crippen LogP contribution is -2.30. The third-order valence-electron chi connectivity index (χ3n) is 2.26. The van der Waals surface area contributed by atoms with Crippen LogP contribution in [0.1, 0.15) is 0 Å². The highest BCUT2D eigenvalue weighted by atomic mass is 32.2. The predicted octanol–water partition coefficient (Wildman–Crippen LogP) is 0.0492. The Morgan fingerprint density at radius 2 is 2.06 bits per heavy atom. The maximum atomic E-state index is 12.0. The first-order valence-electron chi connectivity index (χ1n) is 5.19. The summed E-state index contributed by atoms with van der Waals surface area (Å²) in [6, 6.07) is 6.37. The molecule has 1 atom stereocenters. The SMILES string of the molecule is CNCC(O)CS(=O)(=O)c1ccccc1OC. The van der Waals surface area contributed by atoms with Crippen molar-refractivity contribution in [2.45, 2.75) is 11.0 Å². The molecule has 6 heteroatoms. The summed E-state index contributed by atoms with van der Waals surface area (Å²) < 4.78 is 29.1. The van der Waals surface area contributed by atoms with Crippen LogP contribution in [0.4, 0.5) is 0 Å². The fraction of sp³-hybridized carbons (Fsp3) is 0.455. The zero-order valence-corrected chi connectivity index (χ0v) is 10.7. The molecule has 5 nitrogen and oxygen atoms in total. The van der Waals surface area contributed by atoms with Crippen molar-refractivity contribution in [3.8, 4) is 5.75 Å². The number of hydrogen-bond donors (Lipinski definition) is 2. The molecule has 0 aliphatic rings. The van der Waals surface area contributed by atoms with Gasteiger partial charge in [0.2, 0.25) is 0 Å². The summed E-state index contributed by atoms with van der Waals surface area (Å²) in [5.74, 6) is -0.0297. The molecule has 96 valence electrons. The fourth-order valence-corrected chi connectivity index (χ4v) is 3.06. The molecule has 0 bridgehead atoms. The van der Waals surface area contributed by atoms with Crippen molar-refractivity contribution >= 4 is 9.84 Å². The minimum Gasteiger partial charge on any atom is -0.495 e. The number of benzene rings is 1. The predicted molar refractivity (Wildman–Crippen MR) is 65.0 cm³/mol.